The number of Topliss-reactive ketones (excluding diaryl/α,β-unsaturated/α-hetero) is 1. The van der Waals surface area contributed by atoms with Crippen LogP contribution in [0.5, 0.6) is 5.75 Å². The van der Waals surface area contributed by atoms with Crippen molar-refractivity contribution in [1.29, 1.82) is 0 Å². The quantitative estimate of drug-likeness (QED) is 0.655. The largest absolute Gasteiger partial charge is 0.497 e. The lowest BCUT2D eigenvalue weighted by molar-refractivity contribution is 0.101. The molecule has 104 valence electrons. The van der Waals surface area contributed by atoms with Gasteiger partial charge < -0.3 is 15.8 Å². The molecule has 0 saturated heterocycles. The van der Waals surface area contributed by atoms with Crippen molar-refractivity contribution in [2.45, 2.75) is 6.92 Å². The van der Waals surface area contributed by atoms with Crippen molar-refractivity contribution in [2.75, 3.05) is 18.2 Å². The second kappa shape index (κ2) is 5.96. The highest BCUT2D eigenvalue weighted by Crippen LogP contribution is 2.30. The van der Waals surface area contributed by atoms with Gasteiger partial charge in [0.25, 0.3) is 0 Å². The highest BCUT2D eigenvalue weighted by molar-refractivity contribution is 9.10. The molecule has 4 nitrogen and oxygen atoms in total. The van der Waals surface area contributed by atoms with Gasteiger partial charge in [-0.1, -0.05) is 0 Å². The van der Waals surface area contributed by atoms with Crippen molar-refractivity contribution in [2.24, 2.45) is 0 Å². The zero-order valence-corrected chi connectivity index (χ0v) is 12.8. The molecule has 20 heavy (non-hydrogen) atoms. The summed E-state index contributed by atoms with van der Waals surface area (Å²) in [6.45, 7) is 1.50. The van der Waals surface area contributed by atoms with E-state index in [4.69, 9.17) is 10.5 Å². The number of ketones is 1. The third-order valence-corrected chi connectivity index (χ3v) is 3.58. The second-order valence-electron chi connectivity index (χ2n) is 4.33. The fraction of sp³-hybridized carbons (Fsp3) is 0.133. The van der Waals surface area contributed by atoms with Crippen LogP contribution in [0.2, 0.25) is 0 Å². The maximum Gasteiger partial charge on any atom is 0.161 e. The molecule has 0 radical (unpaired) electrons. The van der Waals surface area contributed by atoms with Crippen LogP contribution in [0, 0.1) is 0 Å². The minimum Gasteiger partial charge on any atom is -0.497 e. The molecule has 0 amide bonds. The average molecular weight is 335 g/mol. The zero-order chi connectivity index (χ0) is 14.7. The summed E-state index contributed by atoms with van der Waals surface area (Å²) in [5.41, 5.74) is 8.41. The number of nitrogens with one attached hydrogen (secondary N) is 1. The Morgan fingerprint density at radius 1 is 1.25 bits per heavy atom. The van der Waals surface area contributed by atoms with Gasteiger partial charge in [0, 0.05) is 27.5 Å². The van der Waals surface area contributed by atoms with E-state index in [1.807, 2.05) is 24.3 Å². The number of rotatable bonds is 4. The number of carbonyl (C=O) groups is 1. The van der Waals surface area contributed by atoms with Crippen molar-refractivity contribution < 1.29 is 9.53 Å². The molecule has 0 unspecified atom stereocenters. The van der Waals surface area contributed by atoms with Gasteiger partial charge in [0.1, 0.15) is 5.75 Å². The summed E-state index contributed by atoms with van der Waals surface area (Å²) in [7, 11) is 1.62. The van der Waals surface area contributed by atoms with Gasteiger partial charge in [-0.25, -0.2) is 0 Å². The van der Waals surface area contributed by atoms with Crippen LogP contribution in [0.3, 0.4) is 0 Å². The fourth-order valence-electron chi connectivity index (χ4n) is 1.82. The maximum atomic E-state index is 11.5. The van der Waals surface area contributed by atoms with Gasteiger partial charge in [0.15, 0.2) is 5.78 Å². The Balaban J connectivity index is 2.35. The minimum atomic E-state index is -0.0594. The van der Waals surface area contributed by atoms with Crippen LogP contribution in [0.25, 0.3) is 0 Å². The fourth-order valence-corrected chi connectivity index (χ4v) is 2.17. The Morgan fingerprint density at radius 3 is 2.65 bits per heavy atom. The van der Waals surface area contributed by atoms with Crippen LogP contribution >= 0.6 is 15.9 Å². The van der Waals surface area contributed by atoms with Crippen molar-refractivity contribution >= 4 is 38.8 Å². The topological polar surface area (TPSA) is 64.3 Å². The molecule has 2 rings (SSSR count). The Labute approximate surface area is 126 Å². The van der Waals surface area contributed by atoms with E-state index in [-0.39, 0.29) is 5.78 Å². The molecule has 0 atom stereocenters. The molecule has 0 spiro atoms. The van der Waals surface area contributed by atoms with Crippen molar-refractivity contribution in [3.8, 4) is 5.75 Å². The Morgan fingerprint density at radius 2 is 2.00 bits per heavy atom. The first kappa shape index (κ1) is 14.4. The molecular formula is C15H15BrN2O2. The van der Waals surface area contributed by atoms with Gasteiger partial charge in [0.2, 0.25) is 0 Å². The van der Waals surface area contributed by atoms with Crippen LogP contribution in [0.1, 0.15) is 17.3 Å². The molecular weight excluding hydrogens is 320 g/mol. The number of anilines is 3. The standard InChI is InChI=1S/C15H15BrN2O2/c1-9(19)12-7-10(3-6-14(12)17)18-15-8-11(20-2)4-5-13(15)16/h3-8,18H,17H2,1-2H3. The first-order valence-corrected chi connectivity index (χ1v) is 6.81. The first-order chi connectivity index (χ1) is 9.51. The van der Waals surface area contributed by atoms with Crippen molar-refractivity contribution in [3.63, 3.8) is 0 Å². The second-order valence-corrected chi connectivity index (χ2v) is 5.18. The monoisotopic (exact) mass is 334 g/mol. The number of halogens is 1. The van der Waals surface area contributed by atoms with Gasteiger partial charge in [-0.05, 0) is 53.2 Å². The Bertz CT molecular complexity index is 656. The molecule has 0 bridgehead atoms. The number of hydrogen-bond acceptors (Lipinski definition) is 4. The molecule has 0 aliphatic carbocycles. The summed E-state index contributed by atoms with van der Waals surface area (Å²) in [6.07, 6.45) is 0. The van der Waals surface area contributed by atoms with E-state index >= 15 is 0 Å². The minimum absolute atomic E-state index is 0.0594. The molecule has 0 aromatic heterocycles. The Kier molecular flexibility index (Phi) is 4.29. The van der Waals surface area contributed by atoms with Crippen LogP contribution in [-0.2, 0) is 0 Å². The summed E-state index contributed by atoms with van der Waals surface area (Å²) >= 11 is 3.47. The summed E-state index contributed by atoms with van der Waals surface area (Å²) in [5.74, 6) is 0.689. The van der Waals surface area contributed by atoms with E-state index < -0.39 is 0 Å². The summed E-state index contributed by atoms with van der Waals surface area (Å²) in [4.78, 5) is 11.5. The maximum absolute atomic E-state index is 11.5. The average Bonchev–Trinajstić information content (AvgIpc) is 2.43. The van der Waals surface area contributed by atoms with Crippen LogP contribution in [0.15, 0.2) is 40.9 Å². The van der Waals surface area contributed by atoms with E-state index in [1.165, 1.54) is 6.92 Å². The number of carbonyl (C=O) groups excluding carboxylic acids is 1. The predicted octanol–water partition coefficient (Wildman–Crippen LogP) is 3.99. The molecule has 0 aliphatic heterocycles. The predicted molar refractivity (Wildman–Crippen MR) is 84.8 cm³/mol. The SMILES string of the molecule is COc1ccc(Br)c(Nc2ccc(N)c(C(C)=O)c2)c1. The zero-order valence-electron chi connectivity index (χ0n) is 11.2. The van der Waals surface area contributed by atoms with E-state index in [2.05, 4.69) is 21.2 Å². The smallest absolute Gasteiger partial charge is 0.161 e. The first-order valence-electron chi connectivity index (χ1n) is 6.02. The summed E-state index contributed by atoms with van der Waals surface area (Å²) < 4.78 is 6.10. The van der Waals surface area contributed by atoms with Crippen LogP contribution in [0.4, 0.5) is 17.1 Å². The van der Waals surface area contributed by atoms with E-state index in [1.54, 1.807) is 19.2 Å². The Hall–Kier alpha value is -2.01. The number of nitrogen functional groups attached to an aromatic ring is 1. The number of methoxy groups -OCH3 is 1. The van der Waals surface area contributed by atoms with Gasteiger partial charge in [-0.15, -0.1) is 0 Å². The van der Waals surface area contributed by atoms with E-state index in [0.29, 0.717) is 11.3 Å². The number of hydrogen-bond donors (Lipinski definition) is 2. The van der Waals surface area contributed by atoms with E-state index in [9.17, 15) is 4.79 Å². The lowest BCUT2D eigenvalue weighted by atomic mass is 10.1. The molecule has 0 fully saturated rings. The van der Waals surface area contributed by atoms with Gasteiger partial charge in [-0.3, -0.25) is 4.79 Å². The van der Waals surface area contributed by atoms with Gasteiger partial charge in [0.05, 0.1) is 12.8 Å². The number of benzene rings is 2. The summed E-state index contributed by atoms with van der Waals surface area (Å²) in [6, 6.07) is 10.9. The third-order valence-electron chi connectivity index (χ3n) is 2.89. The molecule has 2 aromatic carbocycles. The van der Waals surface area contributed by atoms with Crippen molar-refractivity contribution in [1.82, 2.24) is 0 Å². The number of nitrogens with two attached hydrogens (primary N) is 1. The van der Waals surface area contributed by atoms with E-state index in [0.717, 1.165) is 21.6 Å². The lowest BCUT2D eigenvalue weighted by Gasteiger charge is -2.12. The lowest BCUT2D eigenvalue weighted by Crippen LogP contribution is -2.01. The molecule has 0 aliphatic rings. The molecule has 0 heterocycles. The molecule has 2 aromatic rings. The molecule has 3 N–H and O–H groups in total. The van der Waals surface area contributed by atoms with Crippen molar-refractivity contribution in [3.05, 3.63) is 46.4 Å². The molecule has 0 saturated carbocycles. The van der Waals surface area contributed by atoms with Gasteiger partial charge in [-0.2, -0.15) is 0 Å². The highest BCUT2D eigenvalue weighted by atomic mass is 79.9. The summed E-state index contributed by atoms with van der Waals surface area (Å²) in [5, 5.41) is 3.23. The normalized spacial score (nSPS) is 10.2. The van der Waals surface area contributed by atoms with Crippen LogP contribution < -0.4 is 15.8 Å². The molecule has 5 heteroatoms. The number of ether oxygens (including phenoxy) is 1. The van der Waals surface area contributed by atoms with Crippen LogP contribution in [-0.4, -0.2) is 12.9 Å². The highest BCUT2D eigenvalue weighted by Gasteiger charge is 2.08. The van der Waals surface area contributed by atoms with Gasteiger partial charge >= 0.3 is 0 Å². The third kappa shape index (κ3) is 3.11.